The summed E-state index contributed by atoms with van der Waals surface area (Å²) in [6.07, 6.45) is 2.44. The molecule has 102 valence electrons. The largest absolute Gasteiger partial charge is 0.478 e. The number of H-pyrrole nitrogens is 1. The van der Waals surface area contributed by atoms with Crippen molar-refractivity contribution in [1.29, 1.82) is 0 Å². The SMILES string of the molecule is Cc1cc(=O)c(C(=O)Nc2ccc(C(=O)O)cn2)c[nH]1. The third kappa shape index (κ3) is 2.89. The minimum atomic E-state index is -1.11. The molecule has 7 nitrogen and oxygen atoms in total. The number of aryl methyl sites for hydroxylation is 1. The molecule has 0 unspecified atom stereocenters. The van der Waals surface area contributed by atoms with Crippen molar-refractivity contribution in [3.05, 3.63) is 57.6 Å². The first-order chi connectivity index (χ1) is 9.47. The molecule has 0 bridgehead atoms. The third-order valence-corrected chi connectivity index (χ3v) is 2.55. The van der Waals surface area contributed by atoms with Gasteiger partial charge in [0.2, 0.25) is 0 Å². The number of nitrogens with one attached hydrogen (secondary N) is 2. The van der Waals surface area contributed by atoms with E-state index in [1.54, 1.807) is 6.92 Å². The Hall–Kier alpha value is -2.96. The summed E-state index contributed by atoms with van der Waals surface area (Å²) in [5.74, 6) is -1.55. The summed E-state index contributed by atoms with van der Waals surface area (Å²) in [6.45, 7) is 1.70. The van der Waals surface area contributed by atoms with Crippen molar-refractivity contribution < 1.29 is 14.7 Å². The van der Waals surface area contributed by atoms with E-state index >= 15 is 0 Å². The zero-order valence-electron chi connectivity index (χ0n) is 10.5. The van der Waals surface area contributed by atoms with Crippen LogP contribution >= 0.6 is 0 Å². The molecule has 0 atom stereocenters. The fraction of sp³-hybridized carbons (Fsp3) is 0.0769. The summed E-state index contributed by atoms with van der Waals surface area (Å²) >= 11 is 0. The summed E-state index contributed by atoms with van der Waals surface area (Å²) < 4.78 is 0. The predicted molar refractivity (Wildman–Crippen MR) is 70.9 cm³/mol. The molecular weight excluding hydrogens is 262 g/mol. The lowest BCUT2D eigenvalue weighted by molar-refractivity contribution is 0.0696. The first kappa shape index (κ1) is 13.5. The zero-order valence-corrected chi connectivity index (χ0v) is 10.5. The second-order valence-electron chi connectivity index (χ2n) is 4.09. The fourth-order valence-electron chi connectivity index (χ4n) is 1.53. The van der Waals surface area contributed by atoms with E-state index in [9.17, 15) is 14.4 Å². The van der Waals surface area contributed by atoms with E-state index in [0.29, 0.717) is 5.69 Å². The number of carbonyl (C=O) groups excluding carboxylic acids is 1. The summed E-state index contributed by atoms with van der Waals surface area (Å²) in [7, 11) is 0. The van der Waals surface area contributed by atoms with Gasteiger partial charge in [0.05, 0.1) is 5.56 Å². The van der Waals surface area contributed by atoms with Gasteiger partial charge in [-0.05, 0) is 19.1 Å². The number of aromatic carboxylic acids is 1. The van der Waals surface area contributed by atoms with Crippen molar-refractivity contribution in [2.75, 3.05) is 5.32 Å². The molecule has 20 heavy (non-hydrogen) atoms. The summed E-state index contributed by atoms with van der Waals surface area (Å²) in [6, 6.07) is 3.98. The number of carbonyl (C=O) groups is 2. The Balaban J connectivity index is 2.19. The van der Waals surface area contributed by atoms with Crippen molar-refractivity contribution >= 4 is 17.7 Å². The molecule has 7 heteroatoms. The minimum Gasteiger partial charge on any atom is -0.478 e. The Morgan fingerprint density at radius 2 is 2.10 bits per heavy atom. The van der Waals surface area contributed by atoms with Crippen LogP contribution in [0.15, 0.2) is 35.4 Å². The number of hydrogen-bond acceptors (Lipinski definition) is 4. The number of hydrogen-bond donors (Lipinski definition) is 3. The van der Waals surface area contributed by atoms with Crippen molar-refractivity contribution in [2.24, 2.45) is 0 Å². The monoisotopic (exact) mass is 273 g/mol. The highest BCUT2D eigenvalue weighted by Crippen LogP contribution is 2.06. The molecule has 0 saturated carbocycles. The van der Waals surface area contributed by atoms with Gasteiger partial charge in [-0.1, -0.05) is 0 Å². The maximum atomic E-state index is 11.9. The van der Waals surface area contributed by atoms with E-state index < -0.39 is 17.3 Å². The summed E-state index contributed by atoms with van der Waals surface area (Å²) in [4.78, 5) is 40.7. The van der Waals surface area contributed by atoms with Crippen molar-refractivity contribution in [1.82, 2.24) is 9.97 Å². The van der Waals surface area contributed by atoms with E-state index in [2.05, 4.69) is 15.3 Å². The van der Waals surface area contributed by atoms with Gasteiger partial charge in [0.15, 0.2) is 5.43 Å². The van der Waals surface area contributed by atoms with Crippen molar-refractivity contribution in [2.45, 2.75) is 6.92 Å². The van der Waals surface area contributed by atoms with E-state index in [1.165, 1.54) is 24.4 Å². The van der Waals surface area contributed by atoms with Gasteiger partial charge >= 0.3 is 5.97 Å². The molecule has 0 aliphatic rings. The topological polar surface area (TPSA) is 112 Å². The number of rotatable bonds is 3. The van der Waals surface area contributed by atoms with Gasteiger partial charge < -0.3 is 15.4 Å². The van der Waals surface area contributed by atoms with Crippen LogP contribution in [0.25, 0.3) is 0 Å². The Morgan fingerprint density at radius 3 is 2.65 bits per heavy atom. The minimum absolute atomic E-state index is 0.0104. The lowest BCUT2D eigenvalue weighted by atomic mass is 10.2. The smallest absolute Gasteiger partial charge is 0.337 e. The molecular formula is C13H11N3O4. The Labute approximate surface area is 113 Å². The normalized spacial score (nSPS) is 10.1. The van der Waals surface area contributed by atoms with Crippen molar-refractivity contribution in [3.63, 3.8) is 0 Å². The fourth-order valence-corrected chi connectivity index (χ4v) is 1.53. The average molecular weight is 273 g/mol. The number of carboxylic acids is 1. The van der Waals surface area contributed by atoms with Gasteiger partial charge in [0.1, 0.15) is 11.4 Å². The summed E-state index contributed by atoms with van der Waals surface area (Å²) in [5, 5.41) is 11.1. The standard InChI is InChI=1S/C13H11N3O4/c1-7-4-10(17)9(6-14-7)12(18)16-11-3-2-8(5-15-11)13(19)20/h2-6H,1H3,(H,14,17)(H,19,20)(H,15,16,18). The third-order valence-electron chi connectivity index (χ3n) is 2.55. The molecule has 0 radical (unpaired) electrons. The zero-order chi connectivity index (χ0) is 14.7. The highest BCUT2D eigenvalue weighted by Gasteiger charge is 2.11. The quantitative estimate of drug-likeness (QED) is 0.773. The molecule has 2 heterocycles. The number of carboxylic acid groups (broad SMARTS) is 1. The number of nitrogens with zero attached hydrogens (tertiary/aromatic N) is 1. The van der Waals surface area contributed by atoms with Gasteiger partial charge in [-0.2, -0.15) is 0 Å². The van der Waals surface area contributed by atoms with Gasteiger partial charge in [0.25, 0.3) is 5.91 Å². The molecule has 0 spiro atoms. The van der Waals surface area contributed by atoms with Gasteiger partial charge in [-0.3, -0.25) is 9.59 Å². The average Bonchev–Trinajstić information content (AvgIpc) is 2.39. The molecule has 1 amide bonds. The predicted octanol–water partition coefficient (Wildman–Crippen LogP) is 1.03. The summed E-state index contributed by atoms with van der Waals surface area (Å²) in [5.41, 5.74) is 0.215. The van der Waals surface area contributed by atoms with Crippen LogP contribution in [-0.2, 0) is 0 Å². The van der Waals surface area contributed by atoms with E-state index in [1.807, 2.05) is 0 Å². The highest BCUT2D eigenvalue weighted by atomic mass is 16.4. The molecule has 0 aliphatic carbocycles. The van der Waals surface area contributed by atoms with E-state index in [-0.39, 0.29) is 16.9 Å². The van der Waals surface area contributed by atoms with Crippen LogP contribution < -0.4 is 10.7 Å². The lowest BCUT2D eigenvalue weighted by Gasteiger charge is -2.04. The van der Waals surface area contributed by atoms with Crippen LogP contribution in [0.2, 0.25) is 0 Å². The number of anilines is 1. The number of aromatic nitrogens is 2. The first-order valence-electron chi connectivity index (χ1n) is 5.67. The van der Waals surface area contributed by atoms with Crippen LogP contribution in [0, 0.1) is 6.92 Å². The van der Waals surface area contributed by atoms with E-state index in [0.717, 1.165) is 6.20 Å². The van der Waals surface area contributed by atoms with Gasteiger partial charge in [-0.25, -0.2) is 9.78 Å². The molecule has 0 aromatic carbocycles. The molecule has 2 aromatic rings. The Bertz CT molecular complexity index is 719. The van der Waals surface area contributed by atoms with Crippen LogP contribution in [0.4, 0.5) is 5.82 Å². The Kier molecular flexibility index (Phi) is 3.60. The second-order valence-corrected chi connectivity index (χ2v) is 4.09. The first-order valence-corrected chi connectivity index (χ1v) is 5.67. The van der Waals surface area contributed by atoms with Crippen molar-refractivity contribution in [3.8, 4) is 0 Å². The molecule has 3 N–H and O–H groups in total. The maximum absolute atomic E-state index is 11.9. The molecule has 2 aromatic heterocycles. The van der Waals surface area contributed by atoms with Gasteiger partial charge in [0, 0.05) is 24.2 Å². The number of pyridine rings is 2. The molecule has 0 aliphatic heterocycles. The second kappa shape index (κ2) is 5.35. The number of aromatic amines is 1. The molecule has 0 saturated heterocycles. The Morgan fingerprint density at radius 1 is 1.35 bits per heavy atom. The van der Waals surface area contributed by atoms with Crippen LogP contribution in [-0.4, -0.2) is 27.0 Å². The molecule has 0 fully saturated rings. The van der Waals surface area contributed by atoms with Crippen LogP contribution in [0.5, 0.6) is 0 Å². The maximum Gasteiger partial charge on any atom is 0.337 e. The highest BCUT2D eigenvalue weighted by molar-refractivity contribution is 6.03. The molecule has 2 rings (SSSR count). The van der Waals surface area contributed by atoms with Crippen LogP contribution in [0.3, 0.4) is 0 Å². The number of amides is 1. The van der Waals surface area contributed by atoms with Crippen LogP contribution in [0.1, 0.15) is 26.4 Å². The van der Waals surface area contributed by atoms with Gasteiger partial charge in [-0.15, -0.1) is 0 Å². The van der Waals surface area contributed by atoms with E-state index in [4.69, 9.17) is 5.11 Å². The lowest BCUT2D eigenvalue weighted by Crippen LogP contribution is -2.22.